The number of alkyl carbamates (subject to hydrolysis) is 6. The quantitative estimate of drug-likeness (QED) is 0.0348. The summed E-state index contributed by atoms with van der Waals surface area (Å²) in [5.74, 6) is -5.88. The molecule has 0 spiro atoms. The lowest BCUT2D eigenvalue weighted by atomic mass is 9.83. The van der Waals surface area contributed by atoms with Gasteiger partial charge in [0, 0.05) is 41.5 Å². The largest absolute Gasteiger partial charge is 0.457 e. The number of amides is 6. The first-order valence-electron chi connectivity index (χ1n) is 35.9. The van der Waals surface area contributed by atoms with Crippen molar-refractivity contribution in [2.75, 3.05) is 13.1 Å². The van der Waals surface area contributed by atoms with Gasteiger partial charge in [0.1, 0.15) is 76.2 Å². The normalized spacial score (nSPS) is 28.5. The third-order valence-electron chi connectivity index (χ3n) is 16.4. The van der Waals surface area contributed by atoms with Crippen LogP contribution in [-0.4, -0.2) is 243 Å². The van der Waals surface area contributed by atoms with Crippen LogP contribution in [0.4, 0.5) is 28.8 Å². The second kappa shape index (κ2) is 37.0. The molecule has 19 atom stereocenters. The highest BCUT2D eigenvalue weighted by molar-refractivity contribution is 6.80. The molecule has 3 aliphatic heterocycles. The molecule has 1 aliphatic carbocycles. The Hall–Kier alpha value is -7.58. The SMILES string of the molecule is CC(=O)O[C@@H]1[C@@H](NC(=O)OC(C)(C)C)[C@@H](O[C@H]2[C@@H](OC(C)=O)[C@H](O[C@@H]3[C@@H](OC(C)=O)[C@H](NC(=O)OC(C)(C)C)C[C@H](NC(=O)OC(C)(C)C)[C@H]3O[C@H]3O[C@H](CNC(=O)OC(C)(C)C)[C@@H](OC(C)=O)[C@H](OC(C)=O)[C@H]3NC(=O)OC(C)(C)C)O[C@@H]2C[Si](C)(C)C(C)(C)C)O[C@@H](CNC(=O)OC(C)(C)C)[C@H]1OC(C)=O. The minimum atomic E-state index is -2.80. The van der Waals surface area contributed by atoms with E-state index in [1.165, 1.54) is 0 Å². The van der Waals surface area contributed by atoms with Crippen LogP contribution < -0.4 is 31.9 Å². The fraction of sp³-hybridized carbons (Fsp3) is 0.831. The zero-order valence-electron chi connectivity index (χ0n) is 68.0. The van der Waals surface area contributed by atoms with Crippen molar-refractivity contribution in [3.63, 3.8) is 0 Å². The number of nitrogens with one attached hydrogen (secondary N) is 6. The van der Waals surface area contributed by atoms with Gasteiger partial charge < -0.3 is 117 Å². The van der Waals surface area contributed by atoms with Crippen molar-refractivity contribution in [3.05, 3.63) is 0 Å². The number of rotatable bonds is 22. The van der Waals surface area contributed by atoms with E-state index < -0.39 is 255 Å². The minimum Gasteiger partial charge on any atom is -0.457 e. The molecule has 4 fully saturated rings. The van der Waals surface area contributed by atoms with E-state index in [9.17, 15) is 57.5 Å². The van der Waals surface area contributed by atoms with Crippen molar-refractivity contribution in [2.45, 2.75) is 367 Å². The summed E-state index contributed by atoms with van der Waals surface area (Å²) >= 11 is 0. The number of carbonyl (C=O) groups is 12. The Morgan fingerprint density at radius 1 is 0.315 bits per heavy atom. The first kappa shape index (κ1) is 92.8. The number of ether oxygens (including phenoxy) is 18. The number of hydrogen-bond acceptors (Lipinski definition) is 30. The third-order valence-corrected chi connectivity index (χ3v) is 21.9. The summed E-state index contributed by atoms with van der Waals surface area (Å²) in [6.45, 7) is 43.4. The predicted molar refractivity (Wildman–Crippen MR) is 382 cm³/mol. The second-order valence-corrected chi connectivity index (χ2v) is 40.2. The van der Waals surface area contributed by atoms with E-state index in [4.69, 9.17) is 85.3 Å². The summed E-state index contributed by atoms with van der Waals surface area (Å²) in [7, 11) is -2.80. The molecule has 108 heavy (non-hydrogen) atoms. The first-order chi connectivity index (χ1) is 49.0. The molecular formula is C71H120N6O30Si. The van der Waals surface area contributed by atoms with Gasteiger partial charge in [-0.1, -0.05) is 33.9 Å². The van der Waals surface area contributed by atoms with E-state index in [0.717, 1.165) is 41.5 Å². The average Bonchev–Trinajstić information content (AvgIpc) is 1.32. The first-order valence-corrected chi connectivity index (χ1v) is 39.1. The monoisotopic (exact) mass is 1560 g/mol. The van der Waals surface area contributed by atoms with E-state index in [1.54, 1.807) is 125 Å². The Kier molecular flexibility index (Phi) is 31.8. The maximum Gasteiger partial charge on any atom is 0.408 e. The summed E-state index contributed by atoms with van der Waals surface area (Å²) in [5, 5.41) is 15.5. The molecular weight excluding hydrogens is 1440 g/mol. The van der Waals surface area contributed by atoms with E-state index in [1.807, 2.05) is 33.9 Å². The maximum absolute atomic E-state index is 14.6. The Balaban J connectivity index is 2.25. The van der Waals surface area contributed by atoms with Crippen LogP contribution in [0.3, 0.4) is 0 Å². The van der Waals surface area contributed by atoms with Crippen LogP contribution in [0.25, 0.3) is 0 Å². The van der Waals surface area contributed by atoms with E-state index in [2.05, 4.69) is 31.9 Å². The lowest BCUT2D eigenvalue weighted by Gasteiger charge is -2.50. The summed E-state index contributed by atoms with van der Waals surface area (Å²) < 4.78 is 112. The number of esters is 6. The van der Waals surface area contributed by atoms with Crippen molar-refractivity contribution in [3.8, 4) is 0 Å². The fourth-order valence-electron chi connectivity index (χ4n) is 11.7. The second-order valence-electron chi connectivity index (χ2n) is 34.6. The molecule has 0 aromatic rings. The van der Waals surface area contributed by atoms with E-state index >= 15 is 0 Å². The van der Waals surface area contributed by atoms with Gasteiger partial charge >= 0.3 is 72.4 Å². The van der Waals surface area contributed by atoms with Crippen molar-refractivity contribution >= 4 is 80.4 Å². The topological polar surface area (TPSA) is 443 Å². The molecule has 0 bridgehead atoms. The highest BCUT2D eigenvalue weighted by Crippen LogP contribution is 2.45. The van der Waals surface area contributed by atoms with Gasteiger partial charge in [0.05, 0.1) is 39.4 Å². The van der Waals surface area contributed by atoms with Gasteiger partial charge in [-0.05, 0) is 142 Å². The molecule has 6 amide bonds. The molecule has 3 heterocycles. The molecule has 618 valence electrons. The summed E-state index contributed by atoms with van der Waals surface area (Å²) in [5.41, 5.74) is -6.87. The highest BCUT2D eigenvalue weighted by atomic mass is 28.3. The van der Waals surface area contributed by atoms with Crippen LogP contribution in [0.1, 0.15) is 193 Å². The molecule has 36 nitrogen and oxygen atoms in total. The van der Waals surface area contributed by atoms with Crippen LogP contribution in [-0.2, 0) is 114 Å². The molecule has 0 radical (unpaired) electrons. The smallest absolute Gasteiger partial charge is 0.408 e. The third kappa shape index (κ3) is 30.7. The van der Waals surface area contributed by atoms with Crippen molar-refractivity contribution in [1.29, 1.82) is 0 Å². The lowest BCUT2D eigenvalue weighted by Crippen LogP contribution is -2.71. The van der Waals surface area contributed by atoms with Crippen LogP contribution >= 0.6 is 0 Å². The standard InChI is InChI=1S/C71H120N6O30Si/c1-34(78)90-47-40(74-61(86)104-67(13,14)15)30-41(75-62(87)105-68(16,17)18)48(99-56-45(76-63(88)106-69(19,20)21)52(93-37(4)81)49(91-35(2)79)42(96-56)31-72-59(84)102-65(7,8)9)54(47)101-58-55(95-39(6)83)51(44(98-58)33-108(28,29)71(25,26)27)100-57-46(77-64(89)107-70(22,23)24)53(94-38(5)82)50(92-36(3)80)43(97-57)32-73-60(85)103-66(10,11)12/h40-58H,30-33H2,1-29H3,(H,72,84)(H,73,85)(H,74,86)(H,75,87)(H,76,88)(H,77,89)/t40-,41+,42-,43+,44-,45-,46-,47+,48-,49-,50-,51-,52-,53-,54-,55-,56-,57-,58+/m1/s1. The van der Waals surface area contributed by atoms with Crippen molar-refractivity contribution in [1.82, 2.24) is 31.9 Å². The predicted octanol–water partition coefficient (Wildman–Crippen LogP) is 7.44. The molecule has 37 heteroatoms. The molecule has 1 saturated carbocycles. The molecule has 0 unspecified atom stereocenters. The van der Waals surface area contributed by atoms with E-state index in [0.29, 0.717) is 0 Å². The van der Waals surface area contributed by atoms with Crippen molar-refractivity contribution in [2.24, 2.45) is 0 Å². The molecule has 0 aromatic carbocycles. The minimum absolute atomic E-state index is 0.0834. The fourth-order valence-corrected chi connectivity index (χ4v) is 13.6. The zero-order valence-corrected chi connectivity index (χ0v) is 69.0. The van der Waals surface area contributed by atoms with Crippen LogP contribution in [0.2, 0.25) is 24.2 Å². The van der Waals surface area contributed by atoms with Gasteiger partial charge in [0.2, 0.25) is 0 Å². The molecule has 4 aliphatic rings. The van der Waals surface area contributed by atoms with Gasteiger partial charge in [-0.15, -0.1) is 0 Å². The van der Waals surface area contributed by atoms with Crippen molar-refractivity contribution < 1.29 is 143 Å². The highest BCUT2D eigenvalue weighted by Gasteiger charge is 2.62. The average molecular weight is 1570 g/mol. The van der Waals surface area contributed by atoms with Crippen LogP contribution in [0.5, 0.6) is 0 Å². The molecule has 4 rings (SSSR count). The summed E-state index contributed by atoms with van der Waals surface area (Å²) in [6, 6.07) is -6.65. The van der Waals surface area contributed by atoms with Gasteiger partial charge in [-0.3, -0.25) is 28.8 Å². The van der Waals surface area contributed by atoms with Gasteiger partial charge in [0.15, 0.2) is 55.5 Å². The zero-order chi connectivity index (χ0) is 82.7. The Labute approximate surface area is 633 Å². The molecule has 0 aromatic heterocycles. The summed E-state index contributed by atoms with van der Waals surface area (Å²) in [4.78, 5) is 166. The number of carbonyl (C=O) groups excluding carboxylic acids is 12. The summed E-state index contributed by atoms with van der Waals surface area (Å²) in [6.07, 6.45) is -33.9. The molecule has 3 saturated heterocycles. The molecule has 6 N–H and O–H groups in total. The van der Waals surface area contributed by atoms with Crippen LogP contribution in [0, 0.1) is 0 Å². The van der Waals surface area contributed by atoms with Gasteiger partial charge in [-0.2, -0.15) is 0 Å². The van der Waals surface area contributed by atoms with Gasteiger partial charge in [-0.25, -0.2) is 28.8 Å². The Morgan fingerprint density at radius 2 is 0.583 bits per heavy atom. The lowest BCUT2D eigenvalue weighted by molar-refractivity contribution is -0.313. The Morgan fingerprint density at radius 3 is 0.907 bits per heavy atom. The van der Waals surface area contributed by atoms with Crippen LogP contribution in [0.15, 0.2) is 0 Å². The maximum atomic E-state index is 14.6. The van der Waals surface area contributed by atoms with E-state index in [-0.39, 0.29) is 6.04 Å². The number of hydrogen-bond donors (Lipinski definition) is 6. The Bertz CT molecular complexity index is 3160. The van der Waals surface area contributed by atoms with Gasteiger partial charge in [0.25, 0.3) is 0 Å².